The number of nitrogens with one attached hydrogen (secondary N) is 1. The number of primary amides is 1. The summed E-state index contributed by atoms with van der Waals surface area (Å²) in [6.07, 6.45) is -2.61. The van der Waals surface area contributed by atoms with E-state index in [-0.39, 0.29) is 0 Å². The summed E-state index contributed by atoms with van der Waals surface area (Å²) in [5.41, 5.74) is 4.48. The van der Waals surface area contributed by atoms with E-state index in [1.807, 2.05) is 13.8 Å². The molecule has 1 amide bonds. The van der Waals surface area contributed by atoms with E-state index in [1.165, 1.54) is 4.90 Å². The molecule has 120 valence electrons. The zero-order chi connectivity index (χ0) is 15.8. The van der Waals surface area contributed by atoms with Crippen molar-refractivity contribution in [3.63, 3.8) is 0 Å². The molecule has 0 aliphatic heterocycles. The van der Waals surface area contributed by atoms with Gasteiger partial charge < -0.3 is 11.1 Å². The summed E-state index contributed by atoms with van der Waals surface area (Å²) in [4.78, 5) is 12.8. The molecular weight excluding hydrogens is 271 g/mol. The molecule has 4 nitrogen and oxygen atoms in total. The first-order chi connectivity index (χ1) is 9.14. The van der Waals surface area contributed by atoms with E-state index in [1.54, 1.807) is 6.92 Å². The lowest BCUT2D eigenvalue weighted by molar-refractivity contribution is -0.146. The van der Waals surface area contributed by atoms with Crippen LogP contribution in [-0.2, 0) is 4.79 Å². The van der Waals surface area contributed by atoms with Crippen molar-refractivity contribution >= 4 is 5.91 Å². The molecule has 0 aromatic heterocycles. The lowest BCUT2D eigenvalue weighted by Crippen LogP contribution is -2.53. The number of hydrogen-bond donors (Lipinski definition) is 2. The van der Waals surface area contributed by atoms with Gasteiger partial charge in [0.15, 0.2) is 0 Å². The molecule has 0 aromatic rings. The second kappa shape index (κ2) is 8.46. The highest BCUT2D eigenvalue weighted by Gasteiger charge is 2.32. The molecule has 0 rings (SSSR count). The van der Waals surface area contributed by atoms with Crippen LogP contribution < -0.4 is 11.1 Å². The molecule has 0 spiro atoms. The number of nitrogens with two attached hydrogens (primary N) is 1. The number of nitrogens with zero attached hydrogens (tertiary/aromatic N) is 1. The zero-order valence-corrected chi connectivity index (χ0v) is 12.5. The predicted octanol–water partition coefficient (Wildman–Crippen LogP) is 1.89. The average molecular weight is 297 g/mol. The highest BCUT2D eigenvalue weighted by molar-refractivity contribution is 5.84. The zero-order valence-electron chi connectivity index (χ0n) is 12.5. The molecule has 0 fully saturated rings. The summed E-state index contributed by atoms with van der Waals surface area (Å²) in [6, 6.07) is 0. The van der Waals surface area contributed by atoms with Crippen LogP contribution in [0.3, 0.4) is 0 Å². The Labute approximate surface area is 118 Å². The smallest absolute Gasteiger partial charge is 0.368 e. The van der Waals surface area contributed by atoms with Crippen LogP contribution in [-0.4, -0.2) is 48.7 Å². The highest BCUT2D eigenvalue weighted by Crippen LogP contribution is 2.18. The average Bonchev–Trinajstić information content (AvgIpc) is 2.27. The first kappa shape index (κ1) is 19.2. The number of amides is 1. The molecule has 0 aromatic carbocycles. The largest absolute Gasteiger partial charge is 0.401 e. The van der Waals surface area contributed by atoms with Gasteiger partial charge in [-0.2, -0.15) is 13.2 Å². The number of carbonyl (C=O) groups excluding carboxylic acids is 1. The van der Waals surface area contributed by atoms with Gasteiger partial charge >= 0.3 is 6.18 Å². The maximum Gasteiger partial charge on any atom is 0.401 e. The van der Waals surface area contributed by atoms with E-state index >= 15 is 0 Å². The van der Waals surface area contributed by atoms with Crippen molar-refractivity contribution in [2.75, 3.05) is 26.2 Å². The Morgan fingerprint density at radius 1 is 1.25 bits per heavy atom. The standard InChI is InChI=1S/C13H26F3N3O/c1-4-8-19(10-13(14,15)16)9-6-7-12(3,11(17)20)18-5-2/h18H,4-10H2,1-3H3,(H2,17,20). The molecule has 7 heteroatoms. The minimum absolute atomic E-state index is 0.307. The molecule has 0 aliphatic carbocycles. The number of carbonyl (C=O) groups is 1. The van der Waals surface area contributed by atoms with Crippen LogP contribution in [0.15, 0.2) is 0 Å². The van der Waals surface area contributed by atoms with Crippen molar-refractivity contribution in [2.24, 2.45) is 5.73 Å². The van der Waals surface area contributed by atoms with Crippen LogP contribution in [0.5, 0.6) is 0 Å². The third-order valence-corrected chi connectivity index (χ3v) is 3.20. The van der Waals surface area contributed by atoms with Crippen molar-refractivity contribution in [1.82, 2.24) is 10.2 Å². The maximum absolute atomic E-state index is 12.4. The van der Waals surface area contributed by atoms with Gasteiger partial charge in [0.2, 0.25) is 5.91 Å². The Kier molecular flexibility index (Phi) is 8.12. The third-order valence-electron chi connectivity index (χ3n) is 3.20. The molecule has 0 bridgehead atoms. The second-order valence-electron chi connectivity index (χ2n) is 5.22. The molecule has 3 N–H and O–H groups in total. The lowest BCUT2D eigenvalue weighted by atomic mass is 9.94. The lowest BCUT2D eigenvalue weighted by Gasteiger charge is -2.29. The Hall–Kier alpha value is -0.820. The third kappa shape index (κ3) is 7.69. The van der Waals surface area contributed by atoms with E-state index in [4.69, 9.17) is 5.73 Å². The SMILES string of the molecule is CCCN(CCCC(C)(NCC)C(N)=O)CC(F)(F)F. The van der Waals surface area contributed by atoms with Gasteiger partial charge in [-0.1, -0.05) is 13.8 Å². The normalized spacial score (nSPS) is 15.3. The first-order valence-electron chi connectivity index (χ1n) is 6.98. The topological polar surface area (TPSA) is 58.4 Å². The number of likely N-dealkylation sites (N-methyl/N-ethyl adjacent to an activating group) is 1. The van der Waals surface area contributed by atoms with Crippen LogP contribution in [0.1, 0.15) is 40.0 Å². The highest BCUT2D eigenvalue weighted by atomic mass is 19.4. The predicted molar refractivity (Wildman–Crippen MR) is 73.3 cm³/mol. The van der Waals surface area contributed by atoms with Crippen molar-refractivity contribution in [1.29, 1.82) is 0 Å². The van der Waals surface area contributed by atoms with E-state index in [2.05, 4.69) is 5.32 Å². The summed E-state index contributed by atoms with van der Waals surface area (Å²) in [7, 11) is 0. The van der Waals surface area contributed by atoms with Crippen molar-refractivity contribution in [3.05, 3.63) is 0 Å². The molecule has 1 unspecified atom stereocenters. The number of halogens is 3. The minimum Gasteiger partial charge on any atom is -0.368 e. The summed E-state index contributed by atoms with van der Waals surface area (Å²) in [5.74, 6) is -0.475. The molecule has 0 saturated heterocycles. The molecule has 0 saturated carbocycles. The Balaban J connectivity index is 4.37. The van der Waals surface area contributed by atoms with Gasteiger partial charge in [-0.15, -0.1) is 0 Å². The number of rotatable bonds is 10. The quantitative estimate of drug-likeness (QED) is 0.647. The Morgan fingerprint density at radius 2 is 1.85 bits per heavy atom. The molecular formula is C13H26F3N3O. The molecule has 20 heavy (non-hydrogen) atoms. The molecule has 0 heterocycles. The summed E-state index contributed by atoms with van der Waals surface area (Å²) in [6.45, 7) is 5.77. The first-order valence-corrected chi connectivity index (χ1v) is 6.98. The van der Waals surface area contributed by atoms with Crippen LogP contribution in [0.2, 0.25) is 0 Å². The molecule has 0 aliphatic rings. The van der Waals surface area contributed by atoms with Crippen LogP contribution >= 0.6 is 0 Å². The van der Waals surface area contributed by atoms with Gasteiger partial charge in [0.05, 0.1) is 12.1 Å². The molecule has 0 radical (unpaired) electrons. The van der Waals surface area contributed by atoms with Gasteiger partial charge in [0.1, 0.15) is 0 Å². The monoisotopic (exact) mass is 297 g/mol. The van der Waals surface area contributed by atoms with Crippen molar-refractivity contribution < 1.29 is 18.0 Å². The number of alkyl halides is 3. The summed E-state index contributed by atoms with van der Waals surface area (Å²) >= 11 is 0. The van der Waals surface area contributed by atoms with Gasteiger partial charge in [-0.05, 0) is 45.8 Å². The van der Waals surface area contributed by atoms with Crippen LogP contribution in [0.4, 0.5) is 13.2 Å². The summed E-state index contributed by atoms with van der Waals surface area (Å²) in [5, 5.41) is 3.00. The fourth-order valence-corrected chi connectivity index (χ4v) is 2.18. The number of hydrogen-bond acceptors (Lipinski definition) is 3. The van der Waals surface area contributed by atoms with Gasteiger partial charge in [-0.3, -0.25) is 9.69 Å². The van der Waals surface area contributed by atoms with Crippen LogP contribution in [0.25, 0.3) is 0 Å². The molecule has 1 atom stereocenters. The van der Waals surface area contributed by atoms with Gasteiger partial charge in [0.25, 0.3) is 0 Å². The second-order valence-corrected chi connectivity index (χ2v) is 5.22. The van der Waals surface area contributed by atoms with Gasteiger partial charge in [0, 0.05) is 0 Å². The van der Waals surface area contributed by atoms with Gasteiger partial charge in [-0.25, -0.2) is 0 Å². The fraction of sp³-hybridized carbons (Fsp3) is 0.923. The van der Waals surface area contributed by atoms with E-state index in [0.29, 0.717) is 38.9 Å². The summed E-state index contributed by atoms with van der Waals surface area (Å²) < 4.78 is 37.2. The maximum atomic E-state index is 12.4. The van der Waals surface area contributed by atoms with Crippen molar-refractivity contribution in [2.45, 2.75) is 51.7 Å². The van der Waals surface area contributed by atoms with E-state index in [9.17, 15) is 18.0 Å². The Bertz CT molecular complexity index is 297. The Morgan fingerprint density at radius 3 is 2.25 bits per heavy atom. The van der Waals surface area contributed by atoms with E-state index < -0.39 is 24.2 Å². The van der Waals surface area contributed by atoms with Crippen LogP contribution in [0, 0.1) is 0 Å². The van der Waals surface area contributed by atoms with Crippen molar-refractivity contribution in [3.8, 4) is 0 Å². The minimum atomic E-state index is -4.19. The fourth-order valence-electron chi connectivity index (χ4n) is 2.18. The van der Waals surface area contributed by atoms with E-state index in [0.717, 1.165) is 0 Å².